The van der Waals surface area contributed by atoms with E-state index in [-0.39, 0.29) is 16.0 Å². The van der Waals surface area contributed by atoms with Crippen molar-refractivity contribution in [3.05, 3.63) is 52.0 Å². The number of rotatable bonds is 3. The van der Waals surface area contributed by atoms with Crippen LogP contribution in [-0.2, 0) is 0 Å². The lowest BCUT2D eigenvalue weighted by Gasteiger charge is -2.12. The van der Waals surface area contributed by atoms with Gasteiger partial charge in [-0.2, -0.15) is 0 Å². The van der Waals surface area contributed by atoms with Crippen LogP contribution in [0.4, 0.5) is 11.4 Å². The maximum absolute atomic E-state index is 12.2. The summed E-state index contributed by atoms with van der Waals surface area (Å²) in [6.45, 7) is 0. The van der Waals surface area contributed by atoms with Gasteiger partial charge in [0.15, 0.2) is 0 Å². The number of carbonyl (C=O) groups is 1. The van der Waals surface area contributed by atoms with Crippen molar-refractivity contribution in [2.75, 3.05) is 18.2 Å². The van der Waals surface area contributed by atoms with Gasteiger partial charge in [-0.1, -0.05) is 35.3 Å². The van der Waals surface area contributed by atoms with Gasteiger partial charge >= 0.3 is 0 Å². The van der Waals surface area contributed by atoms with Gasteiger partial charge in [0.25, 0.3) is 5.91 Å². The van der Waals surface area contributed by atoms with E-state index in [4.69, 9.17) is 33.7 Å². The number of carbonyl (C=O) groups excluding carboxylic acids is 1. The van der Waals surface area contributed by atoms with E-state index in [9.17, 15) is 4.79 Å². The van der Waals surface area contributed by atoms with Gasteiger partial charge in [-0.15, -0.1) is 0 Å². The summed E-state index contributed by atoms with van der Waals surface area (Å²) in [6, 6.07) is 9.90. The fourth-order valence-electron chi connectivity index (χ4n) is 1.73. The summed E-state index contributed by atoms with van der Waals surface area (Å²) in [4.78, 5) is 12.2. The van der Waals surface area contributed by atoms with E-state index in [1.165, 1.54) is 19.2 Å². The van der Waals surface area contributed by atoms with Crippen molar-refractivity contribution in [2.45, 2.75) is 0 Å². The summed E-state index contributed by atoms with van der Waals surface area (Å²) in [5.41, 5.74) is 6.75. The Balaban J connectivity index is 2.33. The highest BCUT2D eigenvalue weighted by Crippen LogP contribution is 2.33. The molecule has 0 saturated carbocycles. The van der Waals surface area contributed by atoms with Gasteiger partial charge in [0.05, 0.1) is 28.4 Å². The van der Waals surface area contributed by atoms with E-state index >= 15 is 0 Å². The topological polar surface area (TPSA) is 64.3 Å². The van der Waals surface area contributed by atoms with Gasteiger partial charge in [-0.05, 0) is 24.3 Å². The second-order valence-electron chi connectivity index (χ2n) is 4.01. The molecule has 3 N–H and O–H groups in total. The number of nitrogens with two attached hydrogens (primary N) is 1. The summed E-state index contributed by atoms with van der Waals surface area (Å²) in [5, 5.41) is 3.21. The third-order valence-corrected chi connectivity index (χ3v) is 3.25. The van der Waals surface area contributed by atoms with Crippen LogP contribution in [0.2, 0.25) is 10.0 Å². The molecule has 6 heteroatoms. The molecule has 0 aliphatic carbocycles. The van der Waals surface area contributed by atoms with Gasteiger partial charge in [-0.3, -0.25) is 4.79 Å². The standard InChI is InChI=1S/C14H12Cl2N2O2/c1-20-12-5-3-2-4-9(12)14(19)18-13-10(15)6-8(17)7-11(13)16/h2-7H,17H2,1H3,(H,18,19). The summed E-state index contributed by atoms with van der Waals surface area (Å²) >= 11 is 12.1. The zero-order chi connectivity index (χ0) is 14.7. The minimum absolute atomic E-state index is 0.276. The lowest BCUT2D eigenvalue weighted by molar-refractivity contribution is 0.102. The Bertz CT molecular complexity index is 636. The largest absolute Gasteiger partial charge is 0.496 e. The van der Waals surface area contributed by atoms with Gasteiger partial charge in [0.2, 0.25) is 0 Å². The molecule has 0 saturated heterocycles. The van der Waals surface area contributed by atoms with E-state index in [2.05, 4.69) is 5.32 Å². The SMILES string of the molecule is COc1ccccc1C(=O)Nc1c(Cl)cc(N)cc1Cl. The Kier molecular flexibility index (Phi) is 4.37. The van der Waals surface area contributed by atoms with Crippen molar-refractivity contribution < 1.29 is 9.53 Å². The zero-order valence-corrected chi connectivity index (χ0v) is 12.1. The second-order valence-corrected chi connectivity index (χ2v) is 4.83. The summed E-state index contributed by atoms with van der Waals surface area (Å²) < 4.78 is 5.14. The Morgan fingerprint density at radius 2 is 1.80 bits per heavy atom. The summed E-state index contributed by atoms with van der Waals surface area (Å²) in [5.74, 6) is 0.101. The van der Waals surface area contributed by atoms with Crippen LogP contribution in [0.25, 0.3) is 0 Å². The molecule has 2 rings (SSSR count). The van der Waals surface area contributed by atoms with Crippen molar-refractivity contribution in [2.24, 2.45) is 0 Å². The second kappa shape index (κ2) is 6.03. The highest BCUT2D eigenvalue weighted by molar-refractivity contribution is 6.40. The summed E-state index contributed by atoms with van der Waals surface area (Å²) in [6.07, 6.45) is 0. The molecule has 0 fully saturated rings. The smallest absolute Gasteiger partial charge is 0.259 e. The molecule has 104 valence electrons. The first-order valence-electron chi connectivity index (χ1n) is 5.72. The van der Waals surface area contributed by atoms with E-state index < -0.39 is 0 Å². The predicted molar refractivity (Wildman–Crippen MR) is 81.8 cm³/mol. The first kappa shape index (κ1) is 14.5. The molecule has 2 aromatic carbocycles. The van der Waals surface area contributed by atoms with Gasteiger partial charge in [0, 0.05) is 5.69 Å². The Morgan fingerprint density at radius 3 is 2.40 bits per heavy atom. The summed E-state index contributed by atoms with van der Waals surface area (Å²) in [7, 11) is 1.50. The number of ether oxygens (including phenoxy) is 1. The molecule has 4 nitrogen and oxygen atoms in total. The molecule has 20 heavy (non-hydrogen) atoms. The molecule has 0 unspecified atom stereocenters. The van der Waals surface area contributed by atoms with Crippen LogP contribution in [-0.4, -0.2) is 13.0 Å². The fourth-order valence-corrected chi connectivity index (χ4v) is 2.32. The monoisotopic (exact) mass is 310 g/mol. The minimum atomic E-state index is -0.365. The zero-order valence-electron chi connectivity index (χ0n) is 10.6. The first-order valence-corrected chi connectivity index (χ1v) is 6.47. The Morgan fingerprint density at radius 1 is 1.20 bits per heavy atom. The highest BCUT2D eigenvalue weighted by atomic mass is 35.5. The van der Waals surface area contributed by atoms with Gasteiger partial charge in [-0.25, -0.2) is 0 Å². The Labute approximate surface area is 126 Å². The van der Waals surface area contributed by atoms with E-state index in [1.54, 1.807) is 24.3 Å². The van der Waals surface area contributed by atoms with Crippen LogP contribution in [0, 0.1) is 0 Å². The highest BCUT2D eigenvalue weighted by Gasteiger charge is 2.15. The van der Waals surface area contributed by atoms with Crippen molar-refractivity contribution in [3.8, 4) is 5.75 Å². The van der Waals surface area contributed by atoms with Crippen LogP contribution in [0.3, 0.4) is 0 Å². The van der Waals surface area contributed by atoms with Gasteiger partial charge < -0.3 is 15.8 Å². The number of para-hydroxylation sites is 1. The van der Waals surface area contributed by atoms with Crippen molar-refractivity contribution in [3.63, 3.8) is 0 Å². The number of methoxy groups -OCH3 is 1. The average molecular weight is 311 g/mol. The number of hydrogen-bond acceptors (Lipinski definition) is 3. The van der Waals surface area contributed by atoms with Crippen LogP contribution in [0.1, 0.15) is 10.4 Å². The van der Waals surface area contributed by atoms with E-state index in [0.717, 1.165) is 0 Å². The van der Waals surface area contributed by atoms with Crippen LogP contribution in [0.5, 0.6) is 5.75 Å². The van der Waals surface area contributed by atoms with Crippen LogP contribution >= 0.6 is 23.2 Å². The molecule has 0 atom stereocenters. The molecule has 0 bridgehead atoms. The van der Waals surface area contributed by atoms with E-state index in [0.29, 0.717) is 22.7 Å². The maximum atomic E-state index is 12.2. The lowest BCUT2D eigenvalue weighted by atomic mass is 10.2. The number of nitrogen functional groups attached to an aromatic ring is 1. The fraction of sp³-hybridized carbons (Fsp3) is 0.0714. The molecule has 0 aliphatic rings. The third-order valence-electron chi connectivity index (χ3n) is 2.65. The lowest BCUT2D eigenvalue weighted by Crippen LogP contribution is -2.14. The van der Waals surface area contributed by atoms with Crippen molar-refractivity contribution in [1.29, 1.82) is 0 Å². The molecule has 1 amide bonds. The maximum Gasteiger partial charge on any atom is 0.259 e. The number of anilines is 2. The predicted octanol–water partition coefficient (Wildman–Crippen LogP) is 3.84. The van der Waals surface area contributed by atoms with Crippen molar-refractivity contribution in [1.82, 2.24) is 0 Å². The number of nitrogens with one attached hydrogen (secondary N) is 1. The number of hydrogen-bond donors (Lipinski definition) is 2. The quantitative estimate of drug-likeness (QED) is 0.847. The molecule has 0 heterocycles. The average Bonchev–Trinajstić information content (AvgIpc) is 2.42. The van der Waals surface area contributed by atoms with Crippen LogP contribution in [0.15, 0.2) is 36.4 Å². The molecule has 2 aromatic rings. The van der Waals surface area contributed by atoms with E-state index in [1.807, 2.05) is 0 Å². The third kappa shape index (κ3) is 2.98. The molecular weight excluding hydrogens is 299 g/mol. The number of benzene rings is 2. The molecule has 0 spiro atoms. The molecule has 0 aromatic heterocycles. The van der Waals surface area contributed by atoms with Crippen LogP contribution < -0.4 is 15.8 Å². The normalized spacial score (nSPS) is 10.2. The molecule has 0 radical (unpaired) electrons. The molecular formula is C14H12Cl2N2O2. The Hall–Kier alpha value is -1.91. The first-order chi connectivity index (χ1) is 9.52. The molecule has 0 aliphatic heterocycles. The van der Waals surface area contributed by atoms with Crippen molar-refractivity contribution >= 4 is 40.5 Å². The minimum Gasteiger partial charge on any atom is -0.496 e. The number of amides is 1. The number of halogens is 2. The van der Waals surface area contributed by atoms with Gasteiger partial charge in [0.1, 0.15) is 5.75 Å².